The van der Waals surface area contributed by atoms with Crippen molar-refractivity contribution >= 4 is 88.8 Å². The van der Waals surface area contributed by atoms with Crippen LogP contribution in [0.2, 0.25) is 0 Å². The van der Waals surface area contributed by atoms with Gasteiger partial charge in [-0.1, -0.05) is 97.1 Å². The molecule has 50 heavy (non-hydrogen) atoms. The minimum Gasteiger partial charge on any atom is -0.456 e. The molecule has 10 aromatic rings. The van der Waals surface area contributed by atoms with Gasteiger partial charge in [-0.25, -0.2) is 0 Å². The predicted molar refractivity (Wildman–Crippen MR) is 208 cm³/mol. The maximum Gasteiger partial charge on any atom is 0.143 e. The predicted octanol–water partition coefficient (Wildman–Crippen LogP) is 13.6. The Balaban J connectivity index is 1.18. The van der Waals surface area contributed by atoms with E-state index in [4.69, 9.17) is 8.83 Å². The van der Waals surface area contributed by atoms with Gasteiger partial charge in [0.1, 0.15) is 22.3 Å². The fourth-order valence-electron chi connectivity index (χ4n) is 7.35. The van der Waals surface area contributed by atoms with E-state index in [1.54, 1.807) is 0 Å². The van der Waals surface area contributed by atoms with Gasteiger partial charge < -0.3 is 18.6 Å². The van der Waals surface area contributed by atoms with E-state index in [9.17, 15) is 0 Å². The number of para-hydroxylation sites is 4. The van der Waals surface area contributed by atoms with Crippen molar-refractivity contribution in [3.63, 3.8) is 0 Å². The second kappa shape index (κ2) is 11.4. The van der Waals surface area contributed by atoms with Gasteiger partial charge in [0.05, 0.1) is 5.69 Å². The first kappa shape index (κ1) is 28.3. The summed E-state index contributed by atoms with van der Waals surface area (Å²) in [6, 6.07) is 63.6. The zero-order valence-corrected chi connectivity index (χ0v) is 27.0. The van der Waals surface area contributed by atoms with Crippen LogP contribution in [0.15, 0.2) is 191 Å². The van der Waals surface area contributed by atoms with Crippen LogP contribution in [0.5, 0.6) is 0 Å². The molecular formula is C46H30N2O2. The highest BCUT2D eigenvalue weighted by molar-refractivity contribution is 6.20. The number of furan rings is 2. The Morgan fingerprint density at radius 2 is 0.740 bits per heavy atom. The Hall–Kier alpha value is -6.78. The summed E-state index contributed by atoms with van der Waals surface area (Å²) in [6.45, 7) is 0. The fraction of sp³-hybridized carbons (Fsp3) is 0. The van der Waals surface area contributed by atoms with Crippen LogP contribution in [-0.2, 0) is 0 Å². The quantitative estimate of drug-likeness (QED) is 0.181. The Bertz CT molecular complexity index is 2780. The molecule has 0 unspecified atom stereocenters. The van der Waals surface area contributed by atoms with Crippen LogP contribution in [0.25, 0.3) is 54.6 Å². The summed E-state index contributed by atoms with van der Waals surface area (Å²) in [4.78, 5) is 4.59. The molecule has 0 bridgehead atoms. The second-order valence-electron chi connectivity index (χ2n) is 12.6. The van der Waals surface area contributed by atoms with Gasteiger partial charge >= 0.3 is 0 Å². The minimum atomic E-state index is 0.830. The van der Waals surface area contributed by atoms with Gasteiger partial charge in [-0.3, -0.25) is 0 Å². The lowest BCUT2D eigenvalue weighted by atomic mass is 10.0. The van der Waals surface area contributed by atoms with Crippen molar-refractivity contribution in [1.29, 1.82) is 0 Å². The van der Waals surface area contributed by atoms with Gasteiger partial charge in [0, 0.05) is 72.9 Å². The first-order chi connectivity index (χ1) is 24.8. The van der Waals surface area contributed by atoms with E-state index in [1.165, 1.54) is 0 Å². The molecule has 4 nitrogen and oxygen atoms in total. The van der Waals surface area contributed by atoms with Crippen LogP contribution in [0, 0.1) is 0 Å². The van der Waals surface area contributed by atoms with Gasteiger partial charge in [0.15, 0.2) is 0 Å². The molecule has 0 aliphatic carbocycles. The van der Waals surface area contributed by atoms with E-state index in [1.807, 2.05) is 18.2 Å². The number of benzene rings is 8. The molecule has 2 heterocycles. The lowest BCUT2D eigenvalue weighted by Crippen LogP contribution is -2.10. The highest BCUT2D eigenvalue weighted by Crippen LogP contribution is 2.46. The van der Waals surface area contributed by atoms with E-state index >= 15 is 0 Å². The van der Waals surface area contributed by atoms with Gasteiger partial charge in [0.25, 0.3) is 0 Å². The Labute approximate surface area is 288 Å². The van der Waals surface area contributed by atoms with E-state index in [-0.39, 0.29) is 0 Å². The third kappa shape index (κ3) is 4.54. The maximum atomic E-state index is 6.82. The summed E-state index contributed by atoms with van der Waals surface area (Å²) in [5, 5.41) is 6.56. The topological polar surface area (TPSA) is 32.8 Å². The van der Waals surface area contributed by atoms with Crippen molar-refractivity contribution < 1.29 is 8.83 Å². The molecule has 0 amide bonds. The van der Waals surface area contributed by atoms with Crippen LogP contribution in [0.3, 0.4) is 0 Å². The van der Waals surface area contributed by atoms with Gasteiger partial charge in [-0.05, 0) is 72.8 Å². The monoisotopic (exact) mass is 642 g/mol. The van der Waals surface area contributed by atoms with Crippen LogP contribution in [-0.4, -0.2) is 0 Å². The number of rotatable bonds is 6. The van der Waals surface area contributed by atoms with Crippen LogP contribution >= 0.6 is 0 Å². The lowest BCUT2D eigenvalue weighted by Gasteiger charge is -2.27. The zero-order chi connectivity index (χ0) is 33.0. The van der Waals surface area contributed by atoms with Crippen LogP contribution in [0.4, 0.5) is 34.1 Å². The second-order valence-corrected chi connectivity index (χ2v) is 12.6. The van der Waals surface area contributed by atoms with Crippen molar-refractivity contribution in [3.8, 4) is 0 Å². The molecule has 4 heteroatoms. The molecular weight excluding hydrogens is 613 g/mol. The summed E-state index contributed by atoms with van der Waals surface area (Å²) in [5.74, 6) is 0. The summed E-state index contributed by atoms with van der Waals surface area (Å²) < 4.78 is 13.1. The normalized spacial score (nSPS) is 11.6. The minimum absolute atomic E-state index is 0.830. The third-order valence-electron chi connectivity index (χ3n) is 9.60. The first-order valence-corrected chi connectivity index (χ1v) is 16.8. The number of fused-ring (bicyclic) bond motifs is 8. The summed E-state index contributed by atoms with van der Waals surface area (Å²) in [6.07, 6.45) is 0. The van der Waals surface area contributed by atoms with Crippen molar-refractivity contribution in [2.45, 2.75) is 0 Å². The molecule has 0 atom stereocenters. The zero-order valence-electron chi connectivity index (χ0n) is 27.0. The highest BCUT2D eigenvalue weighted by Gasteiger charge is 2.21. The van der Waals surface area contributed by atoms with Crippen molar-refractivity contribution in [3.05, 3.63) is 182 Å². The average molecular weight is 643 g/mol. The molecule has 0 fully saturated rings. The summed E-state index contributed by atoms with van der Waals surface area (Å²) in [5.41, 5.74) is 9.80. The number of nitrogens with zero attached hydrogens (tertiary/aromatic N) is 2. The molecule has 2 aromatic heterocycles. The average Bonchev–Trinajstić information content (AvgIpc) is 3.74. The molecule has 0 aliphatic rings. The summed E-state index contributed by atoms with van der Waals surface area (Å²) >= 11 is 0. The lowest BCUT2D eigenvalue weighted by molar-refractivity contribution is 0.669. The molecule has 0 saturated heterocycles. The van der Waals surface area contributed by atoms with Gasteiger partial charge in [-0.15, -0.1) is 0 Å². The number of hydrogen-bond donors (Lipinski definition) is 0. The SMILES string of the molecule is c1ccc(N(c2ccc3c(c2)oc2ccccc23)c2ccc3c(c2)oc2c4ccccc4c(N(c4ccccc4)c4ccccc4)cc32)cc1. The number of anilines is 6. The Morgan fingerprint density at radius 1 is 0.280 bits per heavy atom. The summed E-state index contributed by atoms with van der Waals surface area (Å²) in [7, 11) is 0. The van der Waals surface area contributed by atoms with E-state index in [0.717, 1.165) is 88.8 Å². The van der Waals surface area contributed by atoms with Crippen molar-refractivity contribution in [2.75, 3.05) is 9.80 Å². The maximum absolute atomic E-state index is 6.82. The largest absolute Gasteiger partial charge is 0.456 e. The van der Waals surface area contributed by atoms with Crippen molar-refractivity contribution in [2.24, 2.45) is 0 Å². The molecule has 8 aromatic carbocycles. The van der Waals surface area contributed by atoms with E-state index < -0.39 is 0 Å². The molecule has 10 rings (SSSR count). The van der Waals surface area contributed by atoms with Crippen molar-refractivity contribution in [1.82, 2.24) is 0 Å². The van der Waals surface area contributed by atoms with Gasteiger partial charge in [0.2, 0.25) is 0 Å². The molecule has 0 aliphatic heterocycles. The Kier molecular flexibility index (Phi) is 6.46. The molecule has 0 spiro atoms. The highest BCUT2D eigenvalue weighted by atomic mass is 16.3. The molecule has 236 valence electrons. The van der Waals surface area contributed by atoms with E-state index in [2.05, 4.69) is 174 Å². The van der Waals surface area contributed by atoms with E-state index in [0.29, 0.717) is 0 Å². The molecule has 0 radical (unpaired) electrons. The van der Waals surface area contributed by atoms with Crippen LogP contribution < -0.4 is 9.80 Å². The number of hydrogen-bond acceptors (Lipinski definition) is 4. The van der Waals surface area contributed by atoms with Gasteiger partial charge in [-0.2, -0.15) is 0 Å². The van der Waals surface area contributed by atoms with Crippen LogP contribution in [0.1, 0.15) is 0 Å². The Morgan fingerprint density at radius 3 is 1.36 bits per heavy atom. The first-order valence-electron chi connectivity index (χ1n) is 16.8. The molecule has 0 N–H and O–H groups in total. The molecule has 0 saturated carbocycles. The standard InChI is InChI=1S/C46H30N2O2/c1-4-14-31(15-5-1)47(34-24-26-38-37-21-12-13-23-43(37)49-44(38)28-34)35-25-27-39-41-30-42(36-20-10-11-22-40(36)46(41)50-45(39)29-35)48(32-16-6-2-7-17-32)33-18-8-3-9-19-33/h1-30H. The smallest absolute Gasteiger partial charge is 0.143 e. The third-order valence-corrected chi connectivity index (χ3v) is 9.60. The fourth-order valence-corrected chi connectivity index (χ4v) is 7.35.